The second kappa shape index (κ2) is 7.21. The van der Waals surface area contributed by atoms with E-state index in [1.54, 1.807) is 13.0 Å². The largest absolute Gasteiger partial charge is 0.475 e. The van der Waals surface area contributed by atoms with Crippen molar-refractivity contribution < 1.29 is 27.4 Å². The molecule has 0 N–H and O–H groups in total. The van der Waals surface area contributed by atoms with Crippen LogP contribution >= 0.6 is 0 Å². The number of rotatable bonds is 4. The van der Waals surface area contributed by atoms with E-state index in [1.165, 1.54) is 6.08 Å². The molecule has 3 rings (SSSR count). The Balaban J connectivity index is 2.05. The maximum absolute atomic E-state index is 13.6. The molecule has 1 atom stereocenters. The Hall–Kier alpha value is -1.98. The average Bonchev–Trinajstić information content (AvgIpc) is 2.65. The van der Waals surface area contributed by atoms with E-state index in [9.17, 15) is 18.0 Å². The summed E-state index contributed by atoms with van der Waals surface area (Å²) in [5, 5.41) is 0. The number of hydrogen-bond donors (Lipinski definition) is 0. The van der Waals surface area contributed by atoms with E-state index >= 15 is 0 Å². The Morgan fingerprint density at radius 2 is 1.96 bits per heavy atom. The van der Waals surface area contributed by atoms with Crippen LogP contribution in [0.5, 0.6) is 5.75 Å². The van der Waals surface area contributed by atoms with E-state index < -0.39 is 23.8 Å². The van der Waals surface area contributed by atoms with E-state index in [0.29, 0.717) is 12.0 Å². The second-order valence-corrected chi connectivity index (χ2v) is 7.37. The van der Waals surface area contributed by atoms with Gasteiger partial charge in [-0.3, -0.25) is 0 Å². The summed E-state index contributed by atoms with van der Waals surface area (Å²) in [6, 6.07) is 3.71. The minimum Gasteiger partial charge on any atom is -0.475 e. The van der Waals surface area contributed by atoms with Crippen LogP contribution in [0.4, 0.5) is 13.2 Å². The summed E-state index contributed by atoms with van der Waals surface area (Å²) >= 11 is 0. The van der Waals surface area contributed by atoms with Crippen molar-refractivity contribution in [3.8, 4) is 5.75 Å². The molecule has 2 aliphatic rings. The van der Waals surface area contributed by atoms with Crippen molar-refractivity contribution in [3.05, 3.63) is 34.4 Å². The topological polar surface area (TPSA) is 35.5 Å². The lowest BCUT2D eigenvalue weighted by Gasteiger charge is -2.39. The SMILES string of the molecule is CCOC(=O)C1=Cc2ccc3c(c2OC1C(F)(F)F)CCC(CC)(CC)C3. The molecule has 1 unspecified atom stereocenters. The first-order valence-electron chi connectivity index (χ1n) is 9.51. The van der Waals surface area contributed by atoms with Gasteiger partial charge in [-0.15, -0.1) is 0 Å². The summed E-state index contributed by atoms with van der Waals surface area (Å²) < 4.78 is 51.0. The molecule has 148 valence electrons. The number of fused-ring (bicyclic) bond motifs is 3. The molecular formula is C21H25F3O3. The highest BCUT2D eigenvalue weighted by molar-refractivity contribution is 5.96. The Kier molecular flexibility index (Phi) is 5.28. The maximum Gasteiger partial charge on any atom is 0.430 e. The molecule has 1 aliphatic heterocycles. The highest BCUT2D eigenvalue weighted by atomic mass is 19.4. The Morgan fingerprint density at radius 3 is 2.56 bits per heavy atom. The molecule has 0 saturated carbocycles. The summed E-state index contributed by atoms with van der Waals surface area (Å²) in [6.45, 7) is 5.89. The zero-order valence-corrected chi connectivity index (χ0v) is 15.9. The van der Waals surface area contributed by atoms with Crippen molar-refractivity contribution in [3.63, 3.8) is 0 Å². The molecular weight excluding hydrogens is 357 g/mol. The number of carbonyl (C=O) groups excluding carboxylic acids is 1. The van der Waals surface area contributed by atoms with E-state index in [4.69, 9.17) is 9.47 Å². The van der Waals surface area contributed by atoms with Crippen molar-refractivity contribution >= 4 is 12.0 Å². The molecule has 27 heavy (non-hydrogen) atoms. The van der Waals surface area contributed by atoms with E-state index in [-0.39, 0.29) is 17.8 Å². The fourth-order valence-electron chi connectivity index (χ4n) is 4.16. The first-order valence-corrected chi connectivity index (χ1v) is 9.51. The molecule has 0 bridgehead atoms. The van der Waals surface area contributed by atoms with Crippen LogP contribution < -0.4 is 4.74 Å². The predicted molar refractivity (Wildman–Crippen MR) is 96.6 cm³/mol. The lowest BCUT2D eigenvalue weighted by atomic mass is 9.68. The number of ether oxygens (including phenoxy) is 2. The lowest BCUT2D eigenvalue weighted by Crippen LogP contribution is -2.41. The number of halogens is 3. The molecule has 0 aromatic heterocycles. The second-order valence-electron chi connectivity index (χ2n) is 7.37. The van der Waals surface area contributed by atoms with Crippen LogP contribution in [-0.4, -0.2) is 24.9 Å². The minimum absolute atomic E-state index is 0.00785. The minimum atomic E-state index is -4.69. The molecule has 1 heterocycles. The monoisotopic (exact) mass is 382 g/mol. The number of carbonyl (C=O) groups is 1. The quantitative estimate of drug-likeness (QED) is 0.667. The van der Waals surface area contributed by atoms with Gasteiger partial charge in [-0.05, 0) is 48.8 Å². The number of alkyl halides is 3. The van der Waals surface area contributed by atoms with Gasteiger partial charge in [0, 0.05) is 5.56 Å². The molecule has 1 aromatic carbocycles. The van der Waals surface area contributed by atoms with Crippen molar-refractivity contribution in [2.75, 3.05) is 6.61 Å². The van der Waals surface area contributed by atoms with Gasteiger partial charge in [-0.1, -0.05) is 38.8 Å². The maximum atomic E-state index is 13.6. The molecule has 0 radical (unpaired) electrons. The standard InChI is InChI=1S/C21H25F3O3/c1-4-20(5-2)10-9-15-14(12-20)8-7-13-11-16(19(25)26-6-3)18(21(22,23)24)27-17(13)15/h7-8,11,18H,4-6,9-10,12H2,1-3H3. The Morgan fingerprint density at radius 1 is 1.26 bits per heavy atom. The van der Waals surface area contributed by atoms with Gasteiger partial charge in [0.2, 0.25) is 6.10 Å². The van der Waals surface area contributed by atoms with Crippen LogP contribution in [0.1, 0.15) is 56.7 Å². The fraction of sp³-hybridized carbons (Fsp3) is 0.571. The summed E-state index contributed by atoms with van der Waals surface area (Å²) in [5.41, 5.74) is 2.11. The van der Waals surface area contributed by atoms with Crippen molar-refractivity contribution in [2.45, 2.75) is 65.2 Å². The summed E-state index contributed by atoms with van der Waals surface area (Å²) in [6.07, 6.45) is -1.17. The zero-order valence-electron chi connectivity index (χ0n) is 15.9. The third-order valence-corrected chi connectivity index (χ3v) is 6.00. The Labute approximate surface area is 157 Å². The van der Waals surface area contributed by atoms with Gasteiger partial charge in [-0.25, -0.2) is 4.79 Å². The first kappa shape index (κ1) is 19.8. The third-order valence-electron chi connectivity index (χ3n) is 6.00. The number of benzene rings is 1. The van der Waals surface area contributed by atoms with Gasteiger partial charge in [0.1, 0.15) is 5.75 Å². The predicted octanol–water partition coefficient (Wildman–Crippen LogP) is 5.25. The van der Waals surface area contributed by atoms with Crippen molar-refractivity contribution in [1.82, 2.24) is 0 Å². The number of hydrogen-bond acceptors (Lipinski definition) is 3. The molecule has 0 fully saturated rings. The van der Waals surface area contributed by atoms with E-state index in [2.05, 4.69) is 13.8 Å². The molecule has 0 amide bonds. The highest BCUT2D eigenvalue weighted by Gasteiger charge is 2.49. The third kappa shape index (κ3) is 3.58. The van der Waals surface area contributed by atoms with Gasteiger partial charge in [0.25, 0.3) is 0 Å². The van der Waals surface area contributed by atoms with Gasteiger partial charge < -0.3 is 9.47 Å². The average molecular weight is 382 g/mol. The lowest BCUT2D eigenvalue weighted by molar-refractivity contribution is -0.188. The van der Waals surface area contributed by atoms with Gasteiger partial charge >= 0.3 is 12.1 Å². The fourth-order valence-corrected chi connectivity index (χ4v) is 4.16. The zero-order chi connectivity index (χ0) is 19.8. The van der Waals surface area contributed by atoms with Gasteiger partial charge in [0.05, 0.1) is 12.2 Å². The molecule has 1 aromatic rings. The molecule has 6 heteroatoms. The normalized spacial score (nSPS) is 20.8. The van der Waals surface area contributed by atoms with E-state index in [1.807, 2.05) is 6.07 Å². The summed E-state index contributed by atoms with van der Waals surface area (Å²) in [7, 11) is 0. The van der Waals surface area contributed by atoms with Crippen LogP contribution in [0.15, 0.2) is 17.7 Å². The smallest absolute Gasteiger partial charge is 0.430 e. The van der Waals surface area contributed by atoms with Gasteiger partial charge in [-0.2, -0.15) is 13.2 Å². The Bertz CT molecular complexity index is 761. The van der Waals surface area contributed by atoms with Crippen LogP contribution in [0.3, 0.4) is 0 Å². The van der Waals surface area contributed by atoms with Crippen LogP contribution in [0.2, 0.25) is 0 Å². The van der Waals surface area contributed by atoms with Crippen molar-refractivity contribution in [1.29, 1.82) is 0 Å². The van der Waals surface area contributed by atoms with Crippen LogP contribution in [-0.2, 0) is 22.4 Å². The molecule has 3 nitrogen and oxygen atoms in total. The summed E-state index contributed by atoms with van der Waals surface area (Å²) in [4.78, 5) is 12.0. The first-order chi connectivity index (χ1) is 12.7. The molecule has 0 spiro atoms. The van der Waals surface area contributed by atoms with Crippen LogP contribution in [0, 0.1) is 5.41 Å². The molecule has 1 aliphatic carbocycles. The summed E-state index contributed by atoms with van der Waals surface area (Å²) in [5.74, 6) is -0.720. The van der Waals surface area contributed by atoms with E-state index in [0.717, 1.165) is 36.8 Å². The van der Waals surface area contributed by atoms with Crippen LogP contribution in [0.25, 0.3) is 6.08 Å². The van der Waals surface area contributed by atoms with Gasteiger partial charge in [0.15, 0.2) is 0 Å². The van der Waals surface area contributed by atoms with Crippen molar-refractivity contribution in [2.24, 2.45) is 5.41 Å². The molecule has 0 saturated heterocycles. The highest BCUT2D eigenvalue weighted by Crippen LogP contribution is 2.47. The number of esters is 1.